The van der Waals surface area contributed by atoms with E-state index in [0.29, 0.717) is 11.8 Å². The highest BCUT2D eigenvalue weighted by Gasteiger charge is 2.12. The fourth-order valence-electron chi connectivity index (χ4n) is 1.32. The summed E-state index contributed by atoms with van der Waals surface area (Å²) in [6, 6.07) is 0. The Kier molecular flexibility index (Phi) is 4.33. The first kappa shape index (κ1) is 13.8. The highest BCUT2D eigenvalue weighted by molar-refractivity contribution is 5.63. The van der Waals surface area contributed by atoms with E-state index in [2.05, 4.69) is 51.8 Å². The lowest BCUT2D eigenvalue weighted by molar-refractivity contribution is 0.540. The number of rotatable bonds is 3. The maximum atomic E-state index is 5.99. The molecule has 1 aliphatic carbocycles. The Morgan fingerprint density at radius 2 is 1.76 bits per heavy atom. The van der Waals surface area contributed by atoms with Crippen LogP contribution in [0.25, 0.3) is 0 Å². The molecule has 0 saturated heterocycles. The van der Waals surface area contributed by atoms with Gasteiger partial charge in [0.15, 0.2) is 0 Å². The second-order valence-electron chi connectivity index (χ2n) is 5.71. The van der Waals surface area contributed by atoms with E-state index >= 15 is 0 Å². The molecule has 1 atom stereocenters. The van der Waals surface area contributed by atoms with E-state index in [4.69, 9.17) is 5.73 Å². The van der Waals surface area contributed by atoms with Crippen molar-refractivity contribution in [3.05, 3.63) is 35.7 Å². The predicted octanol–water partition coefficient (Wildman–Crippen LogP) is 3.67. The summed E-state index contributed by atoms with van der Waals surface area (Å²) in [7, 11) is 0. The van der Waals surface area contributed by atoms with Crippen LogP contribution in [-0.4, -0.2) is 6.21 Å². The third-order valence-corrected chi connectivity index (χ3v) is 3.16. The van der Waals surface area contributed by atoms with Gasteiger partial charge in [-0.2, -0.15) is 0 Å². The molecule has 17 heavy (non-hydrogen) atoms. The minimum atomic E-state index is 0.0472. The molecule has 1 rings (SSSR count). The average molecular weight is 232 g/mol. The SMILES string of the molecule is CC(C)C(C)C=NC1=C(N)C=CC(C)(C)C=C1. The van der Waals surface area contributed by atoms with E-state index in [-0.39, 0.29) is 5.41 Å². The molecule has 0 fully saturated rings. The summed E-state index contributed by atoms with van der Waals surface area (Å²) in [6.45, 7) is 10.9. The van der Waals surface area contributed by atoms with Crippen molar-refractivity contribution in [3.63, 3.8) is 0 Å². The molecule has 0 spiro atoms. The molecule has 1 unspecified atom stereocenters. The van der Waals surface area contributed by atoms with E-state index in [1.165, 1.54) is 0 Å². The zero-order chi connectivity index (χ0) is 13.1. The fourth-order valence-corrected chi connectivity index (χ4v) is 1.32. The molecule has 2 heteroatoms. The smallest absolute Gasteiger partial charge is 0.0852 e. The number of hydrogen-bond donors (Lipinski definition) is 1. The van der Waals surface area contributed by atoms with Gasteiger partial charge in [-0.05, 0) is 24.0 Å². The largest absolute Gasteiger partial charge is 0.397 e. The number of aliphatic imine (C=N–C) groups is 1. The lowest BCUT2D eigenvalue weighted by Gasteiger charge is -2.12. The van der Waals surface area contributed by atoms with Gasteiger partial charge in [0.05, 0.1) is 11.4 Å². The molecule has 0 heterocycles. The lowest BCUT2D eigenvalue weighted by atomic mass is 9.93. The van der Waals surface area contributed by atoms with Gasteiger partial charge in [0.25, 0.3) is 0 Å². The van der Waals surface area contributed by atoms with Crippen LogP contribution in [0.15, 0.2) is 40.7 Å². The van der Waals surface area contributed by atoms with Gasteiger partial charge in [0.1, 0.15) is 0 Å². The van der Waals surface area contributed by atoms with E-state index in [9.17, 15) is 0 Å². The van der Waals surface area contributed by atoms with Crippen LogP contribution in [0.2, 0.25) is 0 Å². The molecule has 1 aliphatic rings. The minimum absolute atomic E-state index is 0.0472. The zero-order valence-electron chi connectivity index (χ0n) is 11.6. The van der Waals surface area contributed by atoms with Gasteiger partial charge in [-0.15, -0.1) is 0 Å². The van der Waals surface area contributed by atoms with Crippen LogP contribution in [0.5, 0.6) is 0 Å². The highest BCUT2D eigenvalue weighted by atomic mass is 14.8. The van der Waals surface area contributed by atoms with Crippen molar-refractivity contribution in [1.82, 2.24) is 0 Å². The predicted molar refractivity (Wildman–Crippen MR) is 75.8 cm³/mol. The Morgan fingerprint density at radius 1 is 1.18 bits per heavy atom. The van der Waals surface area contributed by atoms with E-state index in [1.54, 1.807) is 0 Å². The average Bonchev–Trinajstić information content (AvgIpc) is 2.36. The first-order valence-electron chi connectivity index (χ1n) is 6.24. The van der Waals surface area contributed by atoms with Crippen LogP contribution < -0.4 is 5.73 Å². The van der Waals surface area contributed by atoms with E-state index in [0.717, 1.165) is 11.4 Å². The van der Waals surface area contributed by atoms with Gasteiger partial charge in [-0.1, -0.05) is 46.8 Å². The van der Waals surface area contributed by atoms with Crippen molar-refractivity contribution in [1.29, 1.82) is 0 Å². The maximum Gasteiger partial charge on any atom is 0.0852 e. The zero-order valence-corrected chi connectivity index (χ0v) is 11.6. The molecule has 0 aliphatic heterocycles. The number of allylic oxidation sites excluding steroid dienone is 4. The van der Waals surface area contributed by atoms with E-state index in [1.807, 2.05) is 18.4 Å². The Balaban J connectivity index is 2.88. The fraction of sp³-hybridized carbons (Fsp3) is 0.533. The third-order valence-electron chi connectivity index (χ3n) is 3.16. The summed E-state index contributed by atoms with van der Waals surface area (Å²) in [5.74, 6) is 1.06. The number of hydrogen-bond acceptors (Lipinski definition) is 2. The van der Waals surface area contributed by atoms with Crippen molar-refractivity contribution in [2.75, 3.05) is 0 Å². The van der Waals surface area contributed by atoms with Crippen LogP contribution in [0.4, 0.5) is 0 Å². The molecule has 0 saturated carbocycles. The van der Waals surface area contributed by atoms with Crippen molar-refractivity contribution >= 4 is 6.21 Å². The molecule has 0 radical (unpaired) electrons. The summed E-state index contributed by atoms with van der Waals surface area (Å²) in [5, 5.41) is 0. The highest BCUT2D eigenvalue weighted by Crippen LogP contribution is 2.24. The molecular weight excluding hydrogens is 208 g/mol. The number of nitrogens with zero attached hydrogens (tertiary/aromatic N) is 1. The molecule has 0 aromatic carbocycles. The first-order valence-corrected chi connectivity index (χ1v) is 6.24. The molecule has 0 aromatic heterocycles. The van der Waals surface area contributed by atoms with Crippen LogP contribution in [0, 0.1) is 17.3 Å². The van der Waals surface area contributed by atoms with Crippen LogP contribution in [-0.2, 0) is 0 Å². The Bertz CT molecular complexity index is 382. The van der Waals surface area contributed by atoms with Gasteiger partial charge in [-0.3, -0.25) is 4.99 Å². The summed E-state index contributed by atoms with van der Waals surface area (Å²) in [5.41, 5.74) is 7.63. The lowest BCUT2D eigenvalue weighted by Crippen LogP contribution is -2.05. The second-order valence-corrected chi connectivity index (χ2v) is 5.71. The molecule has 2 nitrogen and oxygen atoms in total. The standard InChI is InChI=1S/C15H24N2/c1-11(2)12(3)10-17-14-7-9-15(4,5)8-6-13(14)16/h6-12H,16H2,1-5H3. The summed E-state index contributed by atoms with van der Waals surface area (Å²) in [6.07, 6.45) is 10.2. The maximum absolute atomic E-state index is 5.99. The minimum Gasteiger partial charge on any atom is -0.397 e. The van der Waals surface area contributed by atoms with Crippen molar-refractivity contribution in [3.8, 4) is 0 Å². The van der Waals surface area contributed by atoms with Gasteiger partial charge in [0.2, 0.25) is 0 Å². The van der Waals surface area contributed by atoms with Gasteiger partial charge in [-0.25, -0.2) is 0 Å². The van der Waals surface area contributed by atoms with Gasteiger partial charge in [0, 0.05) is 11.6 Å². The Hall–Kier alpha value is -1.31. The quantitative estimate of drug-likeness (QED) is 0.741. The van der Waals surface area contributed by atoms with Crippen LogP contribution >= 0.6 is 0 Å². The van der Waals surface area contributed by atoms with Crippen LogP contribution in [0.1, 0.15) is 34.6 Å². The molecule has 0 bridgehead atoms. The third kappa shape index (κ3) is 4.22. The van der Waals surface area contributed by atoms with Crippen molar-refractivity contribution in [2.45, 2.75) is 34.6 Å². The molecule has 0 aromatic rings. The monoisotopic (exact) mass is 232 g/mol. The van der Waals surface area contributed by atoms with Crippen molar-refractivity contribution < 1.29 is 0 Å². The molecule has 94 valence electrons. The van der Waals surface area contributed by atoms with Gasteiger partial charge < -0.3 is 5.73 Å². The molecular formula is C15H24N2. The van der Waals surface area contributed by atoms with Crippen molar-refractivity contribution in [2.24, 2.45) is 28.0 Å². The molecule has 0 amide bonds. The van der Waals surface area contributed by atoms with Gasteiger partial charge >= 0.3 is 0 Å². The van der Waals surface area contributed by atoms with E-state index < -0.39 is 0 Å². The molecule has 2 N–H and O–H groups in total. The normalized spacial score (nSPS) is 21.3. The number of nitrogens with two attached hydrogens (primary N) is 1. The first-order chi connectivity index (χ1) is 7.82. The Morgan fingerprint density at radius 3 is 2.35 bits per heavy atom. The van der Waals surface area contributed by atoms with Crippen LogP contribution in [0.3, 0.4) is 0 Å². The summed E-state index contributed by atoms with van der Waals surface area (Å²) < 4.78 is 0. The summed E-state index contributed by atoms with van der Waals surface area (Å²) in [4.78, 5) is 4.50. The second kappa shape index (κ2) is 5.35. The topological polar surface area (TPSA) is 38.4 Å². The summed E-state index contributed by atoms with van der Waals surface area (Å²) >= 11 is 0. The Labute approximate surface area is 105 Å².